The van der Waals surface area contributed by atoms with Gasteiger partial charge in [-0.3, -0.25) is 9.48 Å². The number of likely N-dealkylation sites (N-methyl/N-ethyl adjacent to an activating group) is 1. The molecule has 0 bridgehead atoms. The molecule has 168 valence electrons. The first-order valence-electron chi connectivity index (χ1n) is 10.3. The minimum absolute atomic E-state index is 0.172. The second kappa shape index (κ2) is 9.64. The van der Waals surface area contributed by atoms with Crippen molar-refractivity contribution in [3.63, 3.8) is 0 Å². The first-order chi connectivity index (χ1) is 16.0. The van der Waals surface area contributed by atoms with E-state index in [9.17, 15) is 18.0 Å². The van der Waals surface area contributed by atoms with Gasteiger partial charge in [0.2, 0.25) is 0 Å². The van der Waals surface area contributed by atoms with Gasteiger partial charge >= 0.3 is 0 Å². The maximum atomic E-state index is 14.0. The number of rotatable bonds is 7. The molecule has 33 heavy (non-hydrogen) atoms. The first-order valence-corrected chi connectivity index (χ1v) is 10.3. The summed E-state index contributed by atoms with van der Waals surface area (Å²) in [6.45, 7) is 2.88. The molecule has 0 aliphatic carbocycles. The maximum Gasteiger partial charge on any atom is 0.254 e. The number of carbonyl (C=O) groups excluding carboxylic acids is 1. The summed E-state index contributed by atoms with van der Waals surface area (Å²) in [5.41, 5.74) is 1.55. The van der Waals surface area contributed by atoms with Crippen molar-refractivity contribution in [3.05, 3.63) is 90.1 Å². The summed E-state index contributed by atoms with van der Waals surface area (Å²) >= 11 is 0. The van der Waals surface area contributed by atoms with Gasteiger partial charge in [0.25, 0.3) is 5.91 Å². The number of amides is 1. The maximum absolute atomic E-state index is 14.0. The number of carbonyl (C=O) groups is 1. The number of halogens is 3. The van der Waals surface area contributed by atoms with Gasteiger partial charge in [-0.2, -0.15) is 5.10 Å². The highest BCUT2D eigenvalue weighted by atomic mass is 19.2. The van der Waals surface area contributed by atoms with E-state index in [-0.39, 0.29) is 11.5 Å². The minimum atomic E-state index is -0.946. The molecule has 2 aromatic heterocycles. The quantitative estimate of drug-likeness (QED) is 0.412. The zero-order valence-corrected chi connectivity index (χ0v) is 17.8. The fourth-order valence-electron chi connectivity index (χ4n) is 3.42. The fourth-order valence-corrected chi connectivity index (χ4v) is 3.42. The Bertz CT molecular complexity index is 1280. The van der Waals surface area contributed by atoms with Crippen molar-refractivity contribution >= 4 is 5.91 Å². The molecule has 2 heterocycles. The summed E-state index contributed by atoms with van der Waals surface area (Å²) in [5, 5.41) is 4.38. The van der Waals surface area contributed by atoms with Gasteiger partial charge in [0.05, 0.1) is 17.8 Å². The molecule has 0 fully saturated rings. The van der Waals surface area contributed by atoms with Crippen LogP contribution < -0.4 is 0 Å². The van der Waals surface area contributed by atoms with Crippen LogP contribution >= 0.6 is 0 Å². The molecule has 9 heteroatoms. The Labute approximate surface area is 188 Å². The lowest BCUT2D eigenvalue weighted by Gasteiger charge is -2.22. The van der Waals surface area contributed by atoms with Crippen LogP contribution in [-0.4, -0.2) is 43.6 Å². The standard InChI is InChI=1S/C24H20F3N5O/c1-2-31(12-13-32-11-8-22(30-32)16-4-7-20(26)21(27)14-16)24(33)19-15-17(25)5-6-18(19)23-28-9-3-10-29-23/h3-11,14-15H,2,12-13H2,1H3. The van der Waals surface area contributed by atoms with Crippen LogP contribution in [0, 0.1) is 17.5 Å². The third-order valence-electron chi connectivity index (χ3n) is 5.14. The predicted molar refractivity (Wildman–Crippen MR) is 117 cm³/mol. The highest BCUT2D eigenvalue weighted by molar-refractivity contribution is 6.00. The van der Waals surface area contributed by atoms with Gasteiger partial charge in [-0.15, -0.1) is 0 Å². The Morgan fingerprint density at radius 3 is 2.52 bits per heavy atom. The smallest absolute Gasteiger partial charge is 0.254 e. The molecule has 0 saturated carbocycles. The Balaban J connectivity index is 1.51. The first kappa shape index (κ1) is 22.2. The summed E-state index contributed by atoms with van der Waals surface area (Å²) in [7, 11) is 0. The molecule has 0 aliphatic rings. The van der Waals surface area contributed by atoms with Gasteiger partial charge in [-0.25, -0.2) is 23.1 Å². The summed E-state index contributed by atoms with van der Waals surface area (Å²) in [5.74, 6) is -2.42. The van der Waals surface area contributed by atoms with Crippen LogP contribution in [0.25, 0.3) is 22.6 Å². The van der Waals surface area contributed by atoms with Crippen molar-refractivity contribution < 1.29 is 18.0 Å². The second-order valence-electron chi connectivity index (χ2n) is 7.24. The summed E-state index contributed by atoms with van der Waals surface area (Å²) in [6.07, 6.45) is 4.81. The molecular formula is C24H20F3N5O. The van der Waals surface area contributed by atoms with Crippen molar-refractivity contribution in [2.24, 2.45) is 0 Å². The van der Waals surface area contributed by atoms with E-state index >= 15 is 0 Å². The summed E-state index contributed by atoms with van der Waals surface area (Å²) in [6, 6.07) is 10.9. The van der Waals surface area contributed by atoms with E-state index in [2.05, 4.69) is 15.1 Å². The Morgan fingerprint density at radius 1 is 1.00 bits per heavy atom. The highest BCUT2D eigenvalue weighted by Crippen LogP contribution is 2.23. The van der Waals surface area contributed by atoms with E-state index in [1.54, 1.807) is 40.3 Å². The van der Waals surface area contributed by atoms with Crippen LogP contribution in [0.3, 0.4) is 0 Å². The van der Waals surface area contributed by atoms with Crippen molar-refractivity contribution in [1.82, 2.24) is 24.6 Å². The molecule has 1 amide bonds. The van der Waals surface area contributed by atoms with Gasteiger partial charge < -0.3 is 4.90 Å². The number of benzene rings is 2. The number of hydrogen-bond acceptors (Lipinski definition) is 4. The molecule has 6 nitrogen and oxygen atoms in total. The Hall–Kier alpha value is -4.01. The molecule has 0 spiro atoms. The van der Waals surface area contributed by atoms with Crippen molar-refractivity contribution in [3.8, 4) is 22.6 Å². The van der Waals surface area contributed by atoms with E-state index in [0.29, 0.717) is 42.3 Å². The van der Waals surface area contributed by atoms with Crippen LogP contribution in [0.15, 0.2) is 67.1 Å². The fraction of sp³-hybridized carbons (Fsp3) is 0.167. The minimum Gasteiger partial charge on any atom is -0.337 e. The Kier molecular flexibility index (Phi) is 6.48. The van der Waals surface area contributed by atoms with Crippen molar-refractivity contribution in [1.29, 1.82) is 0 Å². The van der Waals surface area contributed by atoms with Gasteiger partial charge in [0, 0.05) is 42.8 Å². The SMILES string of the molecule is CCN(CCn1ccc(-c2ccc(F)c(F)c2)n1)C(=O)c1cc(F)ccc1-c1ncccn1. The van der Waals surface area contributed by atoms with Crippen molar-refractivity contribution in [2.75, 3.05) is 13.1 Å². The lowest BCUT2D eigenvalue weighted by atomic mass is 10.0. The molecule has 0 saturated heterocycles. The lowest BCUT2D eigenvalue weighted by molar-refractivity contribution is 0.0757. The zero-order valence-electron chi connectivity index (χ0n) is 17.8. The zero-order chi connectivity index (χ0) is 23.4. The van der Waals surface area contributed by atoms with E-state index < -0.39 is 17.5 Å². The van der Waals surface area contributed by atoms with Crippen LogP contribution in [0.1, 0.15) is 17.3 Å². The van der Waals surface area contributed by atoms with Crippen LogP contribution in [0.5, 0.6) is 0 Å². The molecule has 2 aromatic carbocycles. The summed E-state index contributed by atoms with van der Waals surface area (Å²) < 4.78 is 42.3. The van der Waals surface area contributed by atoms with Crippen molar-refractivity contribution in [2.45, 2.75) is 13.5 Å². The Morgan fingerprint density at radius 2 is 1.79 bits per heavy atom. The van der Waals surface area contributed by atoms with Gasteiger partial charge in [0.1, 0.15) is 5.82 Å². The monoisotopic (exact) mass is 451 g/mol. The van der Waals surface area contributed by atoms with E-state index in [1.807, 2.05) is 6.92 Å². The van der Waals surface area contributed by atoms with Crippen LogP contribution in [0.4, 0.5) is 13.2 Å². The molecule has 4 aromatic rings. The van der Waals surface area contributed by atoms with Crippen LogP contribution in [0.2, 0.25) is 0 Å². The van der Waals surface area contributed by atoms with E-state index in [0.717, 1.165) is 12.1 Å². The molecule has 0 unspecified atom stereocenters. The topological polar surface area (TPSA) is 63.9 Å². The number of aromatic nitrogens is 4. The lowest BCUT2D eigenvalue weighted by Crippen LogP contribution is -2.34. The molecule has 0 radical (unpaired) electrons. The van der Waals surface area contributed by atoms with E-state index in [1.165, 1.54) is 24.3 Å². The van der Waals surface area contributed by atoms with Gasteiger partial charge in [-0.05, 0) is 55.5 Å². The summed E-state index contributed by atoms with van der Waals surface area (Å²) in [4.78, 5) is 23.2. The van der Waals surface area contributed by atoms with Crippen LogP contribution in [-0.2, 0) is 6.54 Å². The third kappa shape index (κ3) is 4.92. The van der Waals surface area contributed by atoms with E-state index in [4.69, 9.17) is 0 Å². The third-order valence-corrected chi connectivity index (χ3v) is 5.14. The molecular weight excluding hydrogens is 431 g/mol. The normalized spacial score (nSPS) is 10.9. The highest BCUT2D eigenvalue weighted by Gasteiger charge is 2.21. The second-order valence-corrected chi connectivity index (χ2v) is 7.24. The molecule has 4 rings (SSSR count). The predicted octanol–water partition coefficient (Wildman–Crippen LogP) is 4.59. The largest absolute Gasteiger partial charge is 0.337 e. The molecule has 0 N–H and O–H groups in total. The average Bonchev–Trinajstić information content (AvgIpc) is 3.30. The number of hydrogen-bond donors (Lipinski definition) is 0. The molecule has 0 aliphatic heterocycles. The molecule has 0 atom stereocenters. The van der Waals surface area contributed by atoms with Gasteiger partial charge in [-0.1, -0.05) is 0 Å². The van der Waals surface area contributed by atoms with Gasteiger partial charge in [0.15, 0.2) is 17.5 Å². The average molecular weight is 451 g/mol. The number of nitrogens with zero attached hydrogens (tertiary/aromatic N) is 5.